The number of carbonyl (C=O) groups is 1. The molecule has 34 heavy (non-hydrogen) atoms. The SMILES string of the molecule is C[C@@H]1CCC[C@H](COC(=O)N2CCC(N3CCCCCCC3)C2)N1S(=O)(=O)c1ccc(Cl)cc1. The van der Waals surface area contributed by atoms with E-state index in [1.54, 1.807) is 21.3 Å². The Morgan fingerprint density at radius 2 is 1.65 bits per heavy atom. The zero-order chi connectivity index (χ0) is 24.1. The molecule has 3 heterocycles. The normalized spacial score (nSPS) is 27.8. The van der Waals surface area contributed by atoms with E-state index < -0.39 is 10.0 Å². The molecular formula is C25H38ClN3O4S. The van der Waals surface area contributed by atoms with Gasteiger partial charge in [0.1, 0.15) is 6.61 Å². The first kappa shape index (κ1) is 25.7. The summed E-state index contributed by atoms with van der Waals surface area (Å²) in [7, 11) is -3.71. The highest BCUT2D eigenvalue weighted by molar-refractivity contribution is 7.89. The molecule has 0 spiro atoms. The third kappa shape index (κ3) is 6.07. The van der Waals surface area contributed by atoms with Crippen LogP contribution in [0.1, 0.15) is 64.7 Å². The zero-order valence-corrected chi connectivity index (χ0v) is 21.8. The summed E-state index contributed by atoms with van der Waals surface area (Å²) in [4.78, 5) is 17.5. The van der Waals surface area contributed by atoms with Gasteiger partial charge in [0.2, 0.25) is 10.0 Å². The number of amides is 1. The number of likely N-dealkylation sites (tertiary alicyclic amines) is 2. The molecule has 9 heteroatoms. The molecule has 190 valence electrons. The highest BCUT2D eigenvalue weighted by Crippen LogP contribution is 2.31. The Morgan fingerprint density at radius 3 is 2.35 bits per heavy atom. The Balaban J connectivity index is 1.36. The van der Waals surface area contributed by atoms with E-state index in [-0.39, 0.29) is 29.7 Å². The highest BCUT2D eigenvalue weighted by atomic mass is 35.5. The summed E-state index contributed by atoms with van der Waals surface area (Å²) in [5.74, 6) is 0. The van der Waals surface area contributed by atoms with Crippen molar-refractivity contribution in [2.75, 3.05) is 32.8 Å². The minimum atomic E-state index is -3.71. The summed E-state index contributed by atoms with van der Waals surface area (Å²) in [6.45, 7) is 5.65. The molecular weight excluding hydrogens is 474 g/mol. The highest BCUT2D eigenvalue weighted by Gasteiger charge is 2.39. The van der Waals surface area contributed by atoms with Crippen molar-refractivity contribution in [3.05, 3.63) is 29.3 Å². The Bertz CT molecular complexity index is 919. The first-order valence-electron chi connectivity index (χ1n) is 12.8. The molecule has 3 fully saturated rings. The second kappa shape index (κ2) is 11.6. The molecule has 3 aliphatic rings. The topological polar surface area (TPSA) is 70.2 Å². The van der Waals surface area contributed by atoms with Crippen LogP contribution in [-0.4, -0.2) is 79.5 Å². The van der Waals surface area contributed by atoms with Crippen molar-refractivity contribution >= 4 is 27.7 Å². The van der Waals surface area contributed by atoms with Crippen LogP contribution in [0.15, 0.2) is 29.2 Å². The maximum Gasteiger partial charge on any atom is 0.409 e. The molecule has 3 atom stereocenters. The Kier molecular flexibility index (Phi) is 8.77. The largest absolute Gasteiger partial charge is 0.448 e. The second-order valence-corrected chi connectivity index (χ2v) is 12.3. The minimum absolute atomic E-state index is 0.0842. The molecule has 7 nitrogen and oxygen atoms in total. The van der Waals surface area contributed by atoms with Gasteiger partial charge >= 0.3 is 6.09 Å². The van der Waals surface area contributed by atoms with Crippen LogP contribution in [0.4, 0.5) is 4.79 Å². The van der Waals surface area contributed by atoms with Crippen LogP contribution >= 0.6 is 11.6 Å². The van der Waals surface area contributed by atoms with Crippen LogP contribution in [0, 0.1) is 0 Å². The third-order valence-electron chi connectivity index (χ3n) is 7.57. The summed E-state index contributed by atoms with van der Waals surface area (Å²) in [6.07, 6.45) is 9.44. The Morgan fingerprint density at radius 1 is 0.971 bits per heavy atom. The van der Waals surface area contributed by atoms with Gasteiger partial charge in [-0.25, -0.2) is 13.2 Å². The molecule has 0 aliphatic carbocycles. The standard InChI is InChI=1S/C25H38ClN3O4S/c1-20-8-7-9-23(29(20)34(31,32)24-12-10-21(26)11-13-24)19-33-25(30)28-17-14-22(18-28)27-15-5-3-2-4-6-16-27/h10-13,20,22-23H,2-9,14-19H2,1H3/t20-,22?,23-/m1/s1. The van der Waals surface area contributed by atoms with Crippen molar-refractivity contribution in [1.29, 1.82) is 0 Å². The summed E-state index contributed by atoms with van der Waals surface area (Å²) in [5.41, 5.74) is 0. The summed E-state index contributed by atoms with van der Waals surface area (Å²) >= 11 is 5.95. The van der Waals surface area contributed by atoms with Gasteiger partial charge in [0.25, 0.3) is 0 Å². The lowest BCUT2D eigenvalue weighted by atomic mass is 10.0. The second-order valence-electron chi connectivity index (χ2n) is 9.99. The van der Waals surface area contributed by atoms with E-state index in [9.17, 15) is 13.2 Å². The van der Waals surface area contributed by atoms with Gasteiger partial charge in [-0.2, -0.15) is 4.31 Å². The lowest BCUT2D eigenvalue weighted by Crippen LogP contribution is -2.51. The average molecular weight is 512 g/mol. The van der Waals surface area contributed by atoms with Crippen LogP contribution in [0.5, 0.6) is 0 Å². The number of halogens is 1. The first-order valence-corrected chi connectivity index (χ1v) is 14.6. The van der Waals surface area contributed by atoms with Crippen molar-refractivity contribution < 1.29 is 17.9 Å². The minimum Gasteiger partial charge on any atom is -0.448 e. The van der Waals surface area contributed by atoms with Gasteiger partial charge in [-0.3, -0.25) is 4.90 Å². The van der Waals surface area contributed by atoms with Crippen LogP contribution in [-0.2, 0) is 14.8 Å². The molecule has 0 saturated carbocycles. The number of carbonyl (C=O) groups excluding carboxylic acids is 1. The van der Waals surface area contributed by atoms with Crippen molar-refractivity contribution in [1.82, 2.24) is 14.1 Å². The fourth-order valence-corrected chi connectivity index (χ4v) is 7.67. The monoisotopic (exact) mass is 511 g/mol. The fourth-order valence-electron chi connectivity index (χ4n) is 5.68. The number of ether oxygens (including phenoxy) is 1. The fraction of sp³-hybridized carbons (Fsp3) is 0.720. The molecule has 1 unspecified atom stereocenters. The third-order valence-corrected chi connectivity index (χ3v) is 9.90. The lowest BCUT2D eigenvalue weighted by Gasteiger charge is -2.39. The van der Waals surface area contributed by atoms with E-state index in [0.717, 1.165) is 32.4 Å². The van der Waals surface area contributed by atoms with Crippen LogP contribution in [0.25, 0.3) is 0 Å². The molecule has 3 saturated heterocycles. The van der Waals surface area contributed by atoms with Crippen LogP contribution in [0.2, 0.25) is 5.02 Å². The maximum atomic E-state index is 13.4. The summed E-state index contributed by atoms with van der Waals surface area (Å²) < 4.78 is 34.1. The molecule has 4 rings (SSSR count). The van der Waals surface area contributed by atoms with Gasteiger partial charge in [-0.05, 0) is 76.4 Å². The first-order chi connectivity index (χ1) is 16.4. The van der Waals surface area contributed by atoms with Crippen molar-refractivity contribution in [3.63, 3.8) is 0 Å². The van der Waals surface area contributed by atoms with Gasteiger partial charge in [0.15, 0.2) is 0 Å². The number of hydrogen-bond acceptors (Lipinski definition) is 5. The number of hydrogen-bond donors (Lipinski definition) is 0. The predicted octanol–water partition coefficient (Wildman–Crippen LogP) is 4.75. The van der Waals surface area contributed by atoms with E-state index in [1.165, 1.54) is 44.2 Å². The van der Waals surface area contributed by atoms with Crippen molar-refractivity contribution in [3.8, 4) is 0 Å². The Hall–Kier alpha value is -1.35. The maximum absolute atomic E-state index is 13.4. The van der Waals surface area contributed by atoms with E-state index in [4.69, 9.17) is 16.3 Å². The summed E-state index contributed by atoms with van der Waals surface area (Å²) in [6, 6.07) is 6.15. The number of piperidine rings is 1. The number of benzene rings is 1. The van der Waals surface area contributed by atoms with Gasteiger partial charge in [-0.1, -0.05) is 37.3 Å². The number of nitrogens with zero attached hydrogens (tertiary/aromatic N) is 3. The van der Waals surface area contributed by atoms with Gasteiger partial charge < -0.3 is 9.64 Å². The van der Waals surface area contributed by atoms with Crippen LogP contribution in [0.3, 0.4) is 0 Å². The predicted molar refractivity (Wildman–Crippen MR) is 134 cm³/mol. The molecule has 0 radical (unpaired) electrons. The molecule has 3 aliphatic heterocycles. The Labute approximate surface area is 209 Å². The molecule has 0 N–H and O–H groups in total. The lowest BCUT2D eigenvalue weighted by molar-refractivity contribution is 0.0670. The van der Waals surface area contributed by atoms with Crippen LogP contribution < -0.4 is 0 Å². The van der Waals surface area contributed by atoms with E-state index in [1.807, 2.05) is 6.92 Å². The molecule has 1 amide bonds. The van der Waals surface area contributed by atoms with Crippen molar-refractivity contribution in [2.24, 2.45) is 0 Å². The average Bonchev–Trinajstić information content (AvgIpc) is 3.27. The molecule has 0 bridgehead atoms. The van der Waals surface area contributed by atoms with Gasteiger partial charge in [0, 0.05) is 30.2 Å². The molecule has 0 aromatic heterocycles. The van der Waals surface area contributed by atoms with Gasteiger partial charge in [0.05, 0.1) is 10.9 Å². The van der Waals surface area contributed by atoms with E-state index >= 15 is 0 Å². The quantitative estimate of drug-likeness (QED) is 0.570. The van der Waals surface area contributed by atoms with Crippen molar-refractivity contribution in [2.45, 2.75) is 87.7 Å². The molecule has 1 aromatic rings. The molecule has 1 aromatic carbocycles. The van der Waals surface area contributed by atoms with E-state index in [0.29, 0.717) is 30.6 Å². The summed E-state index contributed by atoms with van der Waals surface area (Å²) in [5, 5.41) is 0.496. The smallest absolute Gasteiger partial charge is 0.409 e. The zero-order valence-electron chi connectivity index (χ0n) is 20.2. The number of rotatable bonds is 5. The number of sulfonamides is 1. The van der Waals surface area contributed by atoms with E-state index in [2.05, 4.69) is 4.90 Å². The van der Waals surface area contributed by atoms with Gasteiger partial charge in [-0.15, -0.1) is 0 Å².